The number of nitrogens with two attached hydrogens (primary N) is 1. The van der Waals surface area contributed by atoms with Gasteiger partial charge >= 0.3 is 5.97 Å². The Balaban J connectivity index is 2.15. The van der Waals surface area contributed by atoms with Crippen molar-refractivity contribution in [3.63, 3.8) is 0 Å². The van der Waals surface area contributed by atoms with E-state index in [1.165, 1.54) is 0 Å². The van der Waals surface area contributed by atoms with Gasteiger partial charge in [-0.05, 0) is 36.8 Å². The highest BCUT2D eigenvalue weighted by molar-refractivity contribution is 7.21. The Morgan fingerprint density at radius 2 is 2.04 bits per heavy atom. The Hall–Kier alpha value is -3.06. The summed E-state index contributed by atoms with van der Waals surface area (Å²) in [6, 6.07) is 10.3. The number of nitrogens with one attached hydrogen (secondary N) is 1. The highest BCUT2D eigenvalue weighted by atomic mass is 32.1. The standard InChI is InChI=1S/C18H16N2O4S/c1-9-6-12-14(8-13(9)23-2)25-16(18(21)22)15(12)24-11-5-3-4-10(7-11)17(19)20/h3-8H,1-2H3,(H3,19,20)(H,21,22). The number of carboxylic acid groups (broad SMARTS) is 1. The number of hydrogen-bond donors (Lipinski definition) is 3. The van der Waals surface area contributed by atoms with Crippen LogP contribution in [0.5, 0.6) is 17.2 Å². The fraction of sp³-hybridized carbons (Fsp3) is 0.111. The maximum atomic E-state index is 11.6. The average Bonchev–Trinajstić information content (AvgIpc) is 2.92. The van der Waals surface area contributed by atoms with Gasteiger partial charge in [0.1, 0.15) is 17.3 Å². The molecule has 1 aromatic heterocycles. The maximum absolute atomic E-state index is 11.6. The first-order valence-corrected chi connectivity index (χ1v) is 8.19. The lowest BCUT2D eigenvalue weighted by Gasteiger charge is -2.09. The lowest BCUT2D eigenvalue weighted by molar-refractivity contribution is 0.0700. The van der Waals surface area contributed by atoms with Gasteiger partial charge in [-0.2, -0.15) is 0 Å². The van der Waals surface area contributed by atoms with Crippen LogP contribution in [0.1, 0.15) is 20.8 Å². The van der Waals surface area contributed by atoms with E-state index in [0.29, 0.717) is 22.4 Å². The smallest absolute Gasteiger partial charge is 0.349 e. The summed E-state index contributed by atoms with van der Waals surface area (Å²) in [6.07, 6.45) is 0. The van der Waals surface area contributed by atoms with Gasteiger partial charge in [0.25, 0.3) is 0 Å². The Morgan fingerprint density at radius 3 is 2.68 bits per heavy atom. The Labute approximate surface area is 147 Å². The van der Waals surface area contributed by atoms with Crippen molar-refractivity contribution in [3.05, 3.63) is 52.4 Å². The second kappa shape index (κ2) is 6.45. The van der Waals surface area contributed by atoms with E-state index >= 15 is 0 Å². The first kappa shape index (κ1) is 16.8. The van der Waals surface area contributed by atoms with Crippen LogP contribution in [0.4, 0.5) is 0 Å². The lowest BCUT2D eigenvalue weighted by Crippen LogP contribution is -2.10. The third-order valence-corrected chi connectivity index (χ3v) is 4.84. The number of ether oxygens (including phenoxy) is 2. The van der Waals surface area contributed by atoms with Crippen molar-refractivity contribution in [1.82, 2.24) is 0 Å². The molecule has 1 heterocycles. The van der Waals surface area contributed by atoms with Crippen LogP contribution in [0.25, 0.3) is 10.1 Å². The fourth-order valence-corrected chi connectivity index (χ4v) is 3.50. The topological polar surface area (TPSA) is 106 Å². The summed E-state index contributed by atoms with van der Waals surface area (Å²) in [6.45, 7) is 1.89. The van der Waals surface area contributed by atoms with Crippen molar-refractivity contribution in [1.29, 1.82) is 5.41 Å². The summed E-state index contributed by atoms with van der Waals surface area (Å²) in [7, 11) is 1.57. The molecule has 0 radical (unpaired) electrons. The van der Waals surface area contributed by atoms with Crippen molar-refractivity contribution in [2.75, 3.05) is 7.11 Å². The summed E-state index contributed by atoms with van der Waals surface area (Å²) >= 11 is 1.13. The average molecular weight is 356 g/mol. The Morgan fingerprint density at radius 1 is 1.28 bits per heavy atom. The number of aromatic carboxylic acids is 1. The minimum absolute atomic E-state index is 0.0836. The molecule has 0 aliphatic heterocycles. The zero-order valence-electron chi connectivity index (χ0n) is 13.6. The third-order valence-electron chi connectivity index (χ3n) is 3.72. The Bertz CT molecular complexity index is 994. The molecule has 2 aromatic carbocycles. The number of fused-ring (bicyclic) bond motifs is 1. The largest absolute Gasteiger partial charge is 0.496 e. The van der Waals surface area contributed by atoms with Gasteiger partial charge in [0.15, 0.2) is 10.6 Å². The zero-order valence-corrected chi connectivity index (χ0v) is 14.4. The van der Waals surface area contributed by atoms with Gasteiger partial charge in [0.05, 0.1) is 7.11 Å². The molecule has 0 aliphatic carbocycles. The molecule has 3 aromatic rings. The van der Waals surface area contributed by atoms with E-state index in [2.05, 4.69) is 0 Å². The number of rotatable bonds is 5. The molecular weight excluding hydrogens is 340 g/mol. The van der Waals surface area contributed by atoms with Crippen LogP contribution in [-0.2, 0) is 0 Å². The van der Waals surface area contributed by atoms with Crippen molar-refractivity contribution in [3.8, 4) is 17.2 Å². The van der Waals surface area contributed by atoms with Gasteiger partial charge < -0.3 is 20.3 Å². The third kappa shape index (κ3) is 3.14. The van der Waals surface area contributed by atoms with Crippen molar-refractivity contribution in [2.24, 2.45) is 5.73 Å². The van der Waals surface area contributed by atoms with Crippen LogP contribution in [0.3, 0.4) is 0 Å². The van der Waals surface area contributed by atoms with Gasteiger partial charge in [-0.1, -0.05) is 12.1 Å². The fourth-order valence-electron chi connectivity index (χ4n) is 2.52. The van der Waals surface area contributed by atoms with Gasteiger partial charge in [-0.25, -0.2) is 4.79 Å². The summed E-state index contributed by atoms with van der Waals surface area (Å²) in [5.74, 6) is 0.244. The van der Waals surface area contributed by atoms with Crippen LogP contribution in [-0.4, -0.2) is 24.0 Å². The molecule has 0 bridgehead atoms. The van der Waals surface area contributed by atoms with Crippen molar-refractivity contribution < 1.29 is 19.4 Å². The lowest BCUT2D eigenvalue weighted by atomic mass is 10.1. The quantitative estimate of drug-likeness (QED) is 0.473. The molecule has 0 saturated heterocycles. The summed E-state index contributed by atoms with van der Waals surface area (Å²) in [5.41, 5.74) is 6.89. The van der Waals surface area contributed by atoms with Crippen LogP contribution in [0.2, 0.25) is 0 Å². The molecular formula is C18H16N2O4S. The highest BCUT2D eigenvalue weighted by Crippen LogP contribution is 2.42. The minimum Gasteiger partial charge on any atom is -0.496 e. The van der Waals surface area contributed by atoms with E-state index in [4.69, 9.17) is 20.6 Å². The van der Waals surface area contributed by atoms with Crippen LogP contribution in [0.15, 0.2) is 36.4 Å². The molecule has 0 fully saturated rings. The minimum atomic E-state index is -1.06. The number of nitrogen functional groups attached to an aromatic ring is 1. The number of carbonyl (C=O) groups is 1. The number of hydrogen-bond acceptors (Lipinski definition) is 5. The van der Waals surface area contributed by atoms with Crippen LogP contribution >= 0.6 is 11.3 Å². The second-order valence-electron chi connectivity index (χ2n) is 5.43. The number of thiophene rings is 1. The molecule has 7 heteroatoms. The van der Waals surface area contributed by atoms with Gasteiger partial charge in [-0.15, -0.1) is 11.3 Å². The van der Waals surface area contributed by atoms with Crippen LogP contribution < -0.4 is 15.2 Å². The molecule has 6 nitrogen and oxygen atoms in total. The molecule has 0 atom stereocenters. The van der Waals surface area contributed by atoms with E-state index in [-0.39, 0.29) is 16.5 Å². The second-order valence-corrected chi connectivity index (χ2v) is 6.48. The van der Waals surface area contributed by atoms with E-state index in [1.54, 1.807) is 37.4 Å². The molecule has 128 valence electrons. The van der Waals surface area contributed by atoms with E-state index in [0.717, 1.165) is 21.6 Å². The van der Waals surface area contributed by atoms with Crippen LogP contribution in [0, 0.1) is 12.3 Å². The molecule has 4 N–H and O–H groups in total. The number of aryl methyl sites for hydroxylation is 1. The molecule has 0 aliphatic rings. The van der Waals surface area contributed by atoms with E-state index < -0.39 is 5.97 Å². The first-order valence-electron chi connectivity index (χ1n) is 7.37. The molecule has 3 rings (SSSR count). The number of carboxylic acids is 1. The predicted molar refractivity (Wildman–Crippen MR) is 97.6 cm³/mol. The summed E-state index contributed by atoms with van der Waals surface area (Å²) in [5, 5.41) is 17.7. The molecule has 0 spiro atoms. The van der Waals surface area contributed by atoms with Gasteiger partial charge in [-0.3, -0.25) is 5.41 Å². The number of benzene rings is 2. The van der Waals surface area contributed by atoms with Crippen molar-refractivity contribution >= 4 is 33.2 Å². The monoisotopic (exact) mass is 356 g/mol. The number of amidine groups is 1. The Kier molecular flexibility index (Phi) is 4.33. The summed E-state index contributed by atoms with van der Waals surface area (Å²) < 4.78 is 11.9. The highest BCUT2D eigenvalue weighted by Gasteiger charge is 2.21. The van der Waals surface area contributed by atoms with Gasteiger partial charge in [0, 0.05) is 15.6 Å². The zero-order chi connectivity index (χ0) is 18.1. The van der Waals surface area contributed by atoms with E-state index in [9.17, 15) is 9.90 Å². The number of methoxy groups -OCH3 is 1. The van der Waals surface area contributed by atoms with Gasteiger partial charge in [0.2, 0.25) is 0 Å². The SMILES string of the molecule is COc1cc2sc(C(=O)O)c(Oc3cccc(C(=N)N)c3)c2cc1C. The molecule has 0 saturated carbocycles. The van der Waals surface area contributed by atoms with Crippen molar-refractivity contribution in [2.45, 2.75) is 6.92 Å². The maximum Gasteiger partial charge on any atom is 0.349 e. The van der Waals surface area contributed by atoms with E-state index in [1.807, 2.05) is 13.0 Å². The summed E-state index contributed by atoms with van der Waals surface area (Å²) in [4.78, 5) is 11.7. The predicted octanol–water partition coefficient (Wildman–Crippen LogP) is 3.99. The first-order chi connectivity index (χ1) is 11.9. The molecule has 0 unspecified atom stereocenters. The normalized spacial score (nSPS) is 10.6. The molecule has 25 heavy (non-hydrogen) atoms. The molecule has 0 amide bonds.